The first-order chi connectivity index (χ1) is 10.6. The van der Waals surface area contributed by atoms with Crippen molar-refractivity contribution in [2.75, 3.05) is 6.61 Å². The van der Waals surface area contributed by atoms with Gasteiger partial charge in [-0.1, -0.05) is 66.4 Å². The van der Waals surface area contributed by atoms with Gasteiger partial charge in [0.15, 0.2) is 0 Å². The Morgan fingerprint density at radius 2 is 1.95 bits per heavy atom. The number of ketones is 1. The van der Waals surface area contributed by atoms with Crippen LogP contribution in [0.1, 0.15) is 12.5 Å². The van der Waals surface area contributed by atoms with Gasteiger partial charge in [-0.3, -0.25) is 4.79 Å². The van der Waals surface area contributed by atoms with Crippen LogP contribution in [0.2, 0.25) is 0 Å². The number of rotatable bonds is 7. The summed E-state index contributed by atoms with van der Waals surface area (Å²) in [5, 5.41) is 12.1. The molecule has 0 saturated heterocycles. The van der Waals surface area contributed by atoms with Gasteiger partial charge in [-0.05, 0) is 6.92 Å². The molecule has 1 N–H and O–H groups in total. The summed E-state index contributed by atoms with van der Waals surface area (Å²) in [6.07, 6.45) is 6.27. The highest BCUT2D eigenvalue weighted by Gasteiger charge is 2.18. The molecule has 0 amide bonds. The van der Waals surface area contributed by atoms with Gasteiger partial charge in [0.05, 0.1) is 0 Å². The maximum atomic E-state index is 11.8. The van der Waals surface area contributed by atoms with Crippen LogP contribution in [0.5, 0.6) is 0 Å². The van der Waals surface area contributed by atoms with Crippen LogP contribution < -0.4 is 0 Å². The van der Waals surface area contributed by atoms with Crippen LogP contribution in [0.15, 0.2) is 71.9 Å². The Morgan fingerprint density at radius 3 is 2.55 bits per heavy atom. The predicted octanol–water partition coefficient (Wildman–Crippen LogP) is 2.67. The van der Waals surface area contributed by atoms with Gasteiger partial charge in [-0.25, -0.2) is 4.79 Å². The molecule has 0 fully saturated rings. The Hall–Kier alpha value is -2.95. The number of hydrogen-bond acceptors (Lipinski definition) is 5. The van der Waals surface area contributed by atoms with Crippen LogP contribution >= 0.6 is 0 Å². The number of carbonyl (C=O) groups is 2. The first kappa shape index (κ1) is 17.1. The summed E-state index contributed by atoms with van der Waals surface area (Å²) < 4.78 is 4.87. The molecule has 0 atom stereocenters. The van der Waals surface area contributed by atoms with Crippen LogP contribution in [0.25, 0.3) is 0 Å². The molecular weight excluding hydrogens is 282 g/mol. The van der Waals surface area contributed by atoms with Crippen LogP contribution in [0.4, 0.5) is 0 Å². The second kappa shape index (κ2) is 9.07. The van der Waals surface area contributed by atoms with Gasteiger partial charge < -0.3 is 9.94 Å². The molecule has 0 aliphatic heterocycles. The quantitative estimate of drug-likeness (QED) is 0.160. The topological polar surface area (TPSA) is 76.0 Å². The number of Topliss-reactive ketones (excluding diaryl/α,β-unsaturated/α-hetero) is 1. The van der Waals surface area contributed by atoms with Gasteiger partial charge in [-0.15, -0.1) is 0 Å². The monoisotopic (exact) mass is 299 g/mol. The van der Waals surface area contributed by atoms with Crippen molar-refractivity contribution in [2.24, 2.45) is 5.16 Å². The third-order valence-corrected chi connectivity index (χ3v) is 2.70. The Labute approximate surface area is 128 Å². The molecule has 0 aliphatic carbocycles. The molecule has 0 unspecified atom stereocenters. The first-order valence-corrected chi connectivity index (χ1v) is 6.54. The minimum absolute atomic E-state index is 0.162. The SMILES string of the molecule is C=C/C=C\C=C(/C)C(=O)C(=O)OC/C(=N/O)c1ccccc1. The summed E-state index contributed by atoms with van der Waals surface area (Å²) in [7, 11) is 0. The molecule has 0 heterocycles. The van der Waals surface area contributed by atoms with E-state index in [1.165, 1.54) is 13.0 Å². The molecule has 5 heteroatoms. The van der Waals surface area contributed by atoms with E-state index in [1.807, 2.05) is 0 Å². The number of nitrogens with zero attached hydrogens (tertiary/aromatic N) is 1. The fraction of sp³-hybridized carbons (Fsp3) is 0.118. The first-order valence-electron chi connectivity index (χ1n) is 6.54. The minimum Gasteiger partial charge on any atom is -0.453 e. The smallest absolute Gasteiger partial charge is 0.379 e. The van der Waals surface area contributed by atoms with Crippen molar-refractivity contribution in [1.82, 2.24) is 0 Å². The molecule has 0 bridgehead atoms. The molecule has 1 rings (SSSR count). The molecular formula is C17H17NO4. The maximum absolute atomic E-state index is 11.8. The Bertz CT molecular complexity index is 627. The van der Waals surface area contributed by atoms with E-state index in [4.69, 9.17) is 9.94 Å². The third-order valence-electron chi connectivity index (χ3n) is 2.70. The molecule has 0 saturated carbocycles. The molecule has 0 spiro atoms. The van der Waals surface area contributed by atoms with Crippen molar-refractivity contribution >= 4 is 17.5 Å². The molecule has 5 nitrogen and oxygen atoms in total. The van der Waals surface area contributed by atoms with E-state index in [2.05, 4.69) is 11.7 Å². The zero-order chi connectivity index (χ0) is 16.4. The third kappa shape index (κ3) is 5.20. The predicted molar refractivity (Wildman–Crippen MR) is 83.8 cm³/mol. The Morgan fingerprint density at radius 1 is 1.27 bits per heavy atom. The zero-order valence-electron chi connectivity index (χ0n) is 12.2. The second-order valence-electron chi connectivity index (χ2n) is 4.29. The normalized spacial score (nSPS) is 12.2. The van der Waals surface area contributed by atoms with E-state index in [1.54, 1.807) is 48.6 Å². The lowest BCUT2D eigenvalue weighted by atomic mass is 10.1. The highest BCUT2D eigenvalue weighted by atomic mass is 16.5. The zero-order valence-corrected chi connectivity index (χ0v) is 12.2. The van der Waals surface area contributed by atoms with Crippen LogP contribution in [-0.2, 0) is 14.3 Å². The minimum atomic E-state index is -1.00. The summed E-state index contributed by atoms with van der Waals surface area (Å²) in [6, 6.07) is 8.73. The van der Waals surface area contributed by atoms with E-state index >= 15 is 0 Å². The van der Waals surface area contributed by atoms with Gasteiger partial charge in [-0.2, -0.15) is 0 Å². The average molecular weight is 299 g/mol. The lowest BCUT2D eigenvalue weighted by Gasteiger charge is -2.06. The molecule has 114 valence electrons. The summed E-state index contributed by atoms with van der Waals surface area (Å²) in [5.41, 5.74) is 1.01. The number of carbonyl (C=O) groups excluding carboxylic acids is 2. The molecule has 22 heavy (non-hydrogen) atoms. The van der Waals surface area contributed by atoms with E-state index in [0.29, 0.717) is 5.56 Å². The van der Waals surface area contributed by atoms with Crippen LogP contribution in [0.3, 0.4) is 0 Å². The van der Waals surface area contributed by atoms with Crippen molar-refractivity contribution in [2.45, 2.75) is 6.92 Å². The van der Waals surface area contributed by atoms with Crippen LogP contribution in [-0.4, -0.2) is 29.3 Å². The van der Waals surface area contributed by atoms with Crippen molar-refractivity contribution in [1.29, 1.82) is 0 Å². The fourth-order valence-electron chi connectivity index (χ4n) is 1.52. The van der Waals surface area contributed by atoms with Crippen molar-refractivity contribution < 1.29 is 19.5 Å². The highest BCUT2D eigenvalue weighted by Crippen LogP contribution is 2.03. The summed E-state index contributed by atoms with van der Waals surface area (Å²) in [4.78, 5) is 23.4. The van der Waals surface area contributed by atoms with Gasteiger partial charge in [0, 0.05) is 11.1 Å². The van der Waals surface area contributed by atoms with Gasteiger partial charge >= 0.3 is 5.97 Å². The van der Waals surface area contributed by atoms with E-state index < -0.39 is 11.8 Å². The molecule has 0 aromatic heterocycles. The van der Waals surface area contributed by atoms with Crippen molar-refractivity contribution in [3.63, 3.8) is 0 Å². The van der Waals surface area contributed by atoms with E-state index in [0.717, 1.165) is 0 Å². The summed E-state index contributed by atoms with van der Waals surface area (Å²) in [5.74, 6) is -1.75. The number of ether oxygens (including phenoxy) is 1. The molecule has 1 aromatic rings. The second-order valence-corrected chi connectivity index (χ2v) is 4.29. The molecule has 0 radical (unpaired) electrons. The lowest BCUT2D eigenvalue weighted by molar-refractivity contribution is -0.150. The summed E-state index contributed by atoms with van der Waals surface area (Å²) in [6.45, 7) is 4.71. The number of allylic oxidation sites excluding steroid dienone is 4. The van der Waals surface area contributed by atoms with Crippen LogP contribution in [0, 0.1) is 0 Å². The van der Waals surface area contributed by atoms with Crippen molar-refractivity contribution in [3.8, 4) is 0 Å². The lowest BCUT2D eigenvalue weighted by Crippen LogP contribution is -2.22. The average Bonchev–Trinajstić information content (AvgIpc) is 2.55. The van der Waals surface area contributed by atoms with Gasteiger partial charge in [0.1, 0.15) is 12.3 Å². The standard InChI is InChI=1S/C17H17NO4/c1-3-4-6-9-13(2)16(19)17(20)22-12-15(18-21)14-10-7-5-8-11-14/h3-11,21H,1,12H2,2H3/b6-4-,13-9+,18-15-. The maximum Gasteiger partial charge on any atom is 0.379 e. The molecule has 0 aliphatic rings. The van der Waals surface area contributed by atoms with Gasteiger partial charge in [0.2, 0.25) is 0 Å². The largest absolute Gasteiger partial charge is 0.453 e. The summed E-state index contributed by atoms with van der Waals surface area (Å²) >= 11 is 0. The number of benzene rings is 1. The Balaban J connectivity index is 2.65. The van der Waals surface area contributed by atoms with Crippen molar-refractivity contribution in [3.05, 3.63) is 72.4 Å². The number of hydrogen-bond donors (Lipinski definition) is 1. The number of oxime groups is 1. The highest BCUT2D eigenvalue weighted by molar-refractivity contribution is 6.40. The van der Waals surface area contributed by atoms with E-state index in [-0.39, 0.29) is 17.9 Å². The Kier molecular flexibility index (Phi) is 7.05. The fourth-order valence-corrected chi connectivity index (χ4v) is 1.52. The van der Waals surface area contributed by atoms with Gasteiger partial charge in [0.25, 0.3) is 5.78 Å². The number of esters is 1. The van der Waals surface area contributed by atoms with E-state index in [9.17, 15) is 9.59 Å². The molecule has 1 aromatic carbocycles.